The molecule has 3 rings (SSSR count). The third-order valence-corrected chi connectivity index (χ3v) is 4.13. The maximum Gasteiger partial charge on any atom is 0.226 e. The summed E-state index contributed by atoms with van der Waals surface area (Å²) in [5.41, 5.74) is 6.64. The van der Waals surface area contributed by atoms with E-state index in [0.29, 0.717) is 49.0 Å². The van der Waals surface area contributed by atoms with Crippen molar-refractivity contribution in [3.63, 3.8) is 0 Å². The summed E-state index contributed by atoms with van der Waals surface area (Å²) in [4.78, 5) is 16.0. The number of benzene rings is 1. The minimum Gasteiger partial charge on any atom is -0.355 e. The second-order valence-electron chi connectivity index (χ2n) is 6.18. The highest BCUT2D eigenvalue weighted by atomic mass is 19.1. The third kappa shape index (κ3) is 4.61. The van der Waals surface area contributed by atoms with Gasteiger partial charge in [-0.05, 0) is 49.4 Å². The molecular formula is C17H21FN4O2. The second-order valence-corrected chi connectivity index (χ2v) is 6.18. The molecule has 1 aliphatic carbocycles. The first-order chi connectivity index (χ1) is 11.6. The summed E-state index contributed by atoms with van der Waals surface area (Å²) in [7, 11) is 0. The van der Waals surface area contributed by atoms with Gasteiger partial charge in [0.15, 0.2) is 0 Å². The van der Waals surface area contributed by atoms with E-state index in [9.17, 15) is 9.18 Å². The molecule has 2 aromatic rings. The van der Waals surface area contributed by atoms with Crippen molar-refractivity contribution in [3.8, 4) is 11.4 Å². The van der Waals surface area contributed by atoms with E-state index in [4.69, 9.17) is 10.3 Å². The van der Waals surface area contributed by atoms with Crippen LogP contribution in [0.4, 0.5) is 4.39 Å². The summed E-state index contributed by atoms with van der Waals surface area (Å²) in [5, 5.41) is 6.73. The van der Waals surface area contributed by atoms with E-state index < -0.39 is 0 Å². The van der Waals surface area contributed by atoms with Crippen LogP contribution in [0.1, 0.15) is 31.6 Å². The Labute approximate surface area is 139 Å². The largest absolute Gasteiger partial charge is 0.355 e. The average Bonchev–Trinajstić information content (AvgIpc) is 3.33. The Morgan fingerprint density at radius 1 is 1.38 bits per heavy atom. The number of nitrogens with two attached hydrogens (primary N) is 1. The van der Waals surface area contributed by atoms with Crippen LogP contribution in [0, 0.1) is 11.7 Å². The lowest BCUT2D eigenvalue weighted by molar-refractivity contribution is -0.121. The van der Waals surface area contributed by atoms with Crippen molar-refractivity contribution in [1.82, 2.24) is 15.5 Å². The molecule has 1 fully saturated rings. The lowest BCUT2D eigenvalue weighted by atomic mass is 10.2. The molecular weight excluding hydrogens is 311 g/mol. The van der Waals surface area contributed by atoms with Gasteiger partial charge in [-0.1, -0.05) is 5.16 Å². The van der Waals surface area contributed by atoms with Gasteiger partial charge in [0, 0.05) is 31.0 Å². The smallest absolute Gasteiger partial charge is 0.226 e. The predicted molar refractivity (Wildman–Crippen MR) is 86.3 cm³/mol. The Kier molecular flexibility index (Phi) is 5.20. The number of nitrogens with zero attached hydrogens (tertiary/aromatic N) is 2. The number of carbonyl (C=O) groups is 1. The fraction of sp³-hybridized carbons (Fsp3) is 0.471. The summed E-state index contributed by atoms with van der Waals surface area (Å²) in [6.07, 6.45) is 3.88. The van der Waals surface area contributed by atoms with Gasteiger partial charge in [-0.15, -0.1) is 0 Å². The Morgan fingerprint density at radius 3 is 2.83 bits per heavy atom. The van der Waals surface area contributed by atoms with Gasteiger partial charge in [0.05, 0.1) is 0 Å². The monoisotopic (exact) mass is 332 g/mol. The maximum atomic E-state index is 12.9. The van der Waals surface area contributed by atoms with E-state index in [0.717, 1.165) is 0 Å². The summed E-state index contributed by atoms with van der Waals surface area (Å²) in [5.74, 6) is 1.15. The number of hydrogen-bond donors (Lipinski definition) is 2. The van der Waals surface area contributed by atoms with Crippen LogP contribution in [-0.2, 0) is 11.2 Å². The van der Waals surface area contributed by atoms with Crippen LogP contribution >= 0.6 is 0 Å². The van der Waals surface area contributed by atoms with Crippen molar-refractivity contribution in [3.05, 3.63) is 36.0 Å². The topological polar surface area (TPSA) is 94.0 Å². The van der Waals surface area contributed by atoms with E-state index >= 15 is 0 Å². The molecule has 6 nitrogen and oxygen atoms in total. The molecule has 1 unspecified atom stereocenters. The van der Waals surface area contributed by atoms with E-state index in [-0.39, 0.29) is 17.8 Å². The molecule has 7 heteroatoms. The molecule has 1 heterocycles. The van der Waals surface area contributed by atoms with Crippen molar-refractivity contribution in [2.45, 2.75) is 38.1 Å². The van der Waals surface area contributed by atoms with Gasteiger partial charge in [-0.2, -0.15) is 4.98 Å². The average molecular weight is 332 g/mol. The number of aryl methyl sites for hydroxylation is 1. The van der Waals surface area contributed by atoms with Crippen LogP contribution in [-0.4, -0.2) is 28.6 Å². The summed E-state index contributed by atoms with van der Waals surface area (Å²) in [6, 6.07) is 5.97. The van der Waals surface area contributed by atoms with Crippen LogP contribution in [0.5, 0.6) is 0 Å². The van der Waals surface area contributed by atoms with Gasteiger partial charge >= 0.3 is 0 Å². The molecule has 1 atom stereocenters. The Morgan fingerprint density at radius 2 is 2.12 bits per heavy atom. The van der Waals surface area contributed by atoms with Gasteiger partial charge in [-0.3, -0.25) is 4.79 Å². The van der Waals surface area contributed by atoms with Crippen LogP contribution in [0.2, 0.25) is 0 Å². The summed E-state index contributed by atoms with van der Waals surface area (Å²) < 4.78 is 18.1. The van der Waals surface area contributed by atoms with Crippen molar-refractivity contribution < 1.29 is 13.7 Å². The lowest BCUT2D eigenvalue weighted by Crippen LogP contribution is -2.38. The number of nitrogens with one attached hydrogen (secondary N) is 1. The normalized spacial score (nSPS) is 15.2. The zero-order valence-corrected chi connectivity index (χ0v) is 13.4. The highest BCUT2D eigenvalue weighted by Gasteiger charge is 2.28. The highest BCUT2D eigenvalue weighted by Crippen LogP contribution is 2.31. The molecule has 1 amide bonds. The standard InChI is InChI=1S/C17H21FN4O2/c18-13-8-6-12(7-9-13)17-21-16(24-22-17)3-1-2-15(23)20-10-14(19)11-4-5-11/h6-9,11,14H,1-5,10,19H2,(H,20,23). The zero-order valence-electron chi connectivity index (χ0n) is 13.4. The Hall–Kier alpha value is -2.28. The highest BCUT2D eigenvalue weighted by molar-refractivity contribution is 5.75. The molecule has 0 aliphatic heterocycles. The molecule has 1 aromatic heterocycles. The SMILES string of the molecule is NC(CNC(=O)CCCc1nc(-c2ccc(F)cc2)no1)C1CC1. The van der Waals surface area contributed by atoms with E-state index in [1.165, 1.54) is 25.0 Å². The number of carbonyl (C=O) groups excluding carboxylic acids is 1. The minimum atomic E-state index is -0.310. The van der Waals surface area contributed by atoms with E-state index in [1.54, 1.807) is 12.1 Å². The molecule has 3 N–H and O–H groups in total. The summed E-state index contributed by atoms with van der Waals surface area (Å²) in [6.45, 7) is 0.540. The molecule has 128 valence electrons. The Bertz CT molecular complexity index is 682. The second kappa shape index (κ2) is 7.53. The van der Waals surface area contributed by atoms with Crippen LogP contribution in [0.25, 0.3) is 11.4 Å². The molecule has 0 spiro atoms. The number of aromatic nitrogens is 2. The quantitative estimate of drug-likeness (QED) is 0.771. The molecule has 1 aliphatic rings. The van der Waals surface area contributed by atoms with E-state index in [2.05, 4.69) is 15.5 Å². The van der Waals surface area contributed by atoms with Crippen molar-refractivity contribution in [1.29, 1.82) is 0 Å². The molecule has 1 saturated carbocycles. The zero-order chi connectivity index (χ0) is 16.9. The number of rotatable bonds is 8. The molecule has 1 aromatic carbocycles. The molecule has 24 heavy (non-hydrogen) atoms. The molecule has 0 bridgehead atoms. The van der Waals surface area contributed by atoms with Crippen LogP contribution in [0.3, 0.4) is 0 Å². The molecule has 0 radical (unpaired) electrons. The van der Waals surface area contributed by atoms with Gasteiger partial charge in [-0.25, -0.2) is 4.39 Å². The first-order valence-corrected chi connectivity index (χ1v) is 8.22. The van der Waals surface area contributed by atoms with Gasteiger partial charge in [0.2, 0.25) is 17.6 Å². The minimum absolute atomic E-state index is 0.00984. The lowest BCUT2D eigenvalue weighted by Gasteiger charge is -2.11. The predicted octanol–water partition coefficient (Wildman–Crippen LogP) is 2.05. The maximum absolute atomic E-state index is 12.9. The van der Waals surface area contributed by atoms with Crippen molar-refractivity contribution >= 4 is 5.91 Å². The fourth-order valence-electron chi connectivity index (χ4n) is 2.48. The van der Waals surface area contributed by atoms with Gasteiger partial charge in [0.1, 0.15) is 5.82 Å². The number of halogens is 1. The van der Waals surface area contributed by atoms with Gasteiger partial charge < -0.3 is 15.6 Å². The number of hydrogen-bond acceptors (Lipinski definition) is 5. The first-order valence-electron chi connectivity index (χ1n) is 8.22. The Balaban J connectivity index is 1.40. The van der Waals surface area contributed by atoms with Crippen molar-refractivity contribution in [2.75, 3.05) is 6.54 Å². The first kappa shape index (κ1) is 16.6. The van der Waals surface area contributed by atoms with Gasteiger partial charge in [0.25, 0.3) is 0 Å². The summed E-state index contributed by atoms with van der Waals surface area (Å²) >= 11 is 0. The molecule has 0 saturated heterocycles. The van der Waals surface area contributed by atoms with E-state index in [1.807, 2.05) is 0 Å². The van der Waals surface area contributed by atoms with Crippen molar-refractivity contribution in [2.24, 2.45) is 11.7 Å². The number of amides is 1. The third-order valence-electron chi connectivity index (χ3n) is 4.13. The fourth-order valence-corrected chi connectivity index (χ4v) is 2.48. The van der Waals surface area contributed by atoms with Crippen LogP contribution < -0.4 is 11.1 Å². The van der Waals surface area contributed by atoms with Crippen LogP contribution in [0.15, 0.2) is 28.8 Å².